The zero-order valence-electron chi connectivity index (χ0n) is 16.3. The van der Waals surface area contributed by atoms with Gasteiger partial charge >= 0.3 is 6.03 Å². The van der Waals surface area contributed by atoms with E-state index in [1.807, 2.05) is 19.1 Å². The summed E-state index contributed by atoms with van der Waals surface area (Å²) in [6.45, 7) is 4.39. The van der Waals surface area contributed by atoms with Crippen molar-refractivity contribution in [2.45, 2.75) is 6.92 Å². The fourth-order valence-electron chi connectivity index (χ4n) is 3.08. The van der Waals surface area contributed by atoms with Crippen molar-refractivity contribution < 1.29 is 18.3 Å². The molecule has 0 aliphatic carbocycles. The van der Waals surface area contributed by atoms with Gasteiger partial charge in [-0.05, 0) is 37.3 Å². The summed E-state index contributed by atoms with van der Waals surface area (Å²) >= 11 is 5.94. The highest BCUT2D eigenvalue weighted by Crippen LogP contribution is 2.26. The third-order valence-electron chi connectivity index (χ3n) is 4.68. The molecular weight excluding hydrogens is 413 g/mol. The molecule has 158 valence electrons. The highest BCUT2D eigenvalue weighted by atomic mass is 35.5. The number of ether oxygens (including phenoxy) is 1. The van der Waals surface area contributed by atoms with Crippen LogP contribution in [0.2, 0.25) is 5.02 Å². The fourth-order valence-corrected chi connectivity index (χ4v) is 3.30. The fraction of sp³-hybridized carbons (Fsp3) is 0.350. The Morgan fingerprint density at radius 3 is 2.93 bits per heavy atom. The SMILES string of the molecule is Cc1ccc2oc(NCCNC(=O)N3CC(COc4ccc(F)cc4Cl)C3)nc2n1. The number of pyridine rings is 1. The van der Waals surface area contributed by atoms with Crippen molar-refractivity contribution in [1.82, 2.24) is 20.2 Å². The van der Waals surface area contributed by atoms with Gasteiger partial charge in [0.1, 0.15) is 11.6 Å². The Labute approximate surface area is 177 Å². The average molecular weight is 434 g/mol. The number of benzene rings is 1. The number of fused-ring (bicyclic) bond motifs is 1. The van der Waals surface area contributed by atoms with Gasteiger partial charge in [-0.25, -0.2) is 14.2 Å². The number of hydrogen-bond acceptors (Lipinski definition) is 6. The van der Waals surface area contributed by atoms with Crippen LogP contribution in [0, 0.1) is 18.7 Å². The van der Waals surface area contributed by atoms with E-state index < -0.39 is 5.82 Å². The standard InChI is InChI=1S/C20H21ClFN5O3/c1-12-2-4-17-18(25-12)26-19(30-17)23-6-7-24-20(28)27-9-13(10-27)11-29-16-5-3-14(22)8-15(16)21/h2-5,8,13H,6-7,9-11H2,1H3,(H,24,28)(H,23,25,26). The lowest BCUT2D eigenvalue weighted by Crippen LogP contribution is -2.55. The molecule has 0 atom stereocenters. The molecule has 4 rings (SSSR count). The van der Waals surface area contributed by atoms with Crippen LogP contribution in [-0.4, -0.2) is 53.7 Å². The molecule has 8 nitrogen and oxygen atoms in total. The van der Waals surface area contributed by atoms with Gasteiger partial charge in [0.25, 0.3) is 6.01 Å². The molecule has 2 amide bonds. The highest BCUT2D eigenvalue weighted by Gasteiger charge is 2.31. The minimum atomic E-state index is -0.406. The van der Waals surface area contributed by atoms with Crippen molar-refractivity contribution in [1.29, 1.82) is 0 Å². The van der Waals surface area contributed by atoms with Gasteiger partial charge in [0.05, 0.1) is 11.6 Å². The maximum absolute atomic E-state index is 13.0. The minimum absolute atomic E-state index is 0.136. The van der Waals surface area contributed by atoms with E-state index in [2.05, 4.69) is 20.6 Å². The number of carbonyl (C=O) groups excluding carboxylic acids is 1. The predicted octanol–water partition coefficient (Wildman–Crippen LogP) is 3.46. The first kappa shape index (κ1) is 20.2. The molecule has 1 saturated heterocycles. The topological polar surface area (TPSA) is 92.5 Å². The summed E-state index contributed by atoms with van der Waals surface area (Å²) in [5.74, 6) is 0.249. The molecule has 1 fully saturated rings. The molecule has 3 heterocycles. The lowest BCUT2D eigenvalue weighted by molar-refractivity contribution is 0.0859. The summed E-state index contributed by atoms with van der Waals surface area (Å²) in [6, 6.07) is 7.93. The lowest BCUT2D eigenvalue weighted by Gasteiger charge is -2.38. The number of nitrogens with zero attached hydrogens (tertiary/aromatic N) is 3. The number of carbonyl (C=O) groups is 1. The molecular formula is C20H21ClFN5O3. The van der Waals surface area contributed by atoms with Crippen LogP contribution in [0.25, 0.3) is 11.2 Å². The zero-order valence-corrected chi connectivity index (χ0v) is 17.1. The normalized spacial score (nSPS) is 13.9. The van der Waals surface area contributed by atoms with Crippen LogP contribution in [0.5, 0.6) is 5.75 Å². The van der Waals surface area contributed by atoms with Crippen molar-refractivity contribution >= 4 is 34.9 Å². The molecule has 1 aliphatic rings. The van der Waals surface area contributed by atoms with Crippen molar-refractivity contribution in [3.63, 3.8) is 0 Å². The van der Waals surface area contributed by atoms with Gasteiger partial charge in [0.2, 0.25) is 5.65 Å². The van der Waals surface area contributed by atoms with Crippen molar-refractivity contribution in [2.24, 2.45) is 5.92 Å². The van der Waals surface area contributed by atoms with Crippen LogP contribution in [0.4, 0.5) is 15.2 Å². The number of hydrogen-bond donors (Lipinski definition) is 2. The Morgan fingerprint density at radius 2 is 2.13 bits per heavy atom. The largest absolute Gasteiger partial charge is 0.492 e. The van der Waals surface area contributed by atoms with Gasteiger partial charge in [0, 0.05) is 37.8 Å². The van der Waals surface area contributed by atoms with Crippen LogP contribution in [0.3, 0.4) is 0 Å². The monoisotopic (exact) mass is 433 g/mol. The number of oxazole rings is 1. The molecule has 0 bridgehead atoms. The molecule has 0 saturated carbocycles. The maximum atomic E-state index is 13.0. The first-order chi connectivity index (χ1) is 14.5. The smallest absolute Gasteiger partial charge is 0.317 e. The van der Waals surface area contributed by atoms with Crippen molar-refractivity contribution in [3.05, 3.63) is 46.9 Å². The number of aromatic nitrogens is 2. The molecule has 1 aliphatic heterocycles. The summed E-state index contributed by atoms with van der Waals surface area (Å²) in [5.41, 5.74) is 2.04. The zero-order chi connectivity index (χ0) is 21.1. The van der Waals surface area contributed by atoms with Crippen LogP contribution < -0.4 is 15.4 Å². The number of urea groups is 1. The van der Waals surface area contributed by atoms with Crippen LogP contribution >= 0.6 is 11.6 Å². The van der Waals surface area contributed by atoms with E-state index in [1.54, 1.807) is 4.90 Å². The van der Waals surface area contributed by atoms with Crippen LogP contribution in [0.15, 0.2) is 34.7 Å². The molecule has 30 heavy (non-hydrogen) atoms. The van der Waals surface area contributed by atoms with Crippen molar-refractivity contribution in [3.8, 4) is 5.75 Å². The van der Waals surface area contributed by atoms with Crippen LogP contribution in [0.1, 0.15) is 5.69 Å². The van der Waals surface area contributed by atoms with Gasteiger partial charge in [-0.1, -0.05) is 11.6 Å². The Morgan fingerprint density at radius 1 is 1.30 bits per heavy atom. The number of amides is 2. The Bertz CT molecular complexity index is 1050. The van der Waals surface area contributed by atoms with E-state index in [0.717, 1.165) is 5.69 Å². The molecule has 0 spiro atoms. The van der Waals surface area contributed by atoms with Crippen molar-refractivity contribution in [2.75, 3.05) is 38.1 Å². The average Bonchev–Trinajstić information content (AvgIpc) is 3.07. The summed E-state index contributed by atoms with van der Waals surface area (Å²) < 4.78 is 24.2. The maximum Gasteiger partial charge on any atom is 0.317 e. The van der Waals surface area contributed by atoms with Gasteiger partial charge in [0.15, 0.2) is 5.58 Å². The predicted molar refractivity (Wildman–Crippen MR) is 110 cm³/mol. The summed E-state index contributed by atoms with van der Waals surface area (Å²) in [6.07, 6.45) is 0. The summed E-state index contributed by atoms with van der Waals surface area (Å²) in [7, 11) is 0. The quantitative estimate of drug-likeness (QED) is 0.554. The van der Waals surface area contributed by atoms with E-state index in [-0.39, 0.29) is 17.0 Å². The molecule has 0 unspecified atom stereocenters. The molecule has 2 aromatic heterocycles. The molecule has 0 radical (unpaired) electrons. The minimum Gasteiger partial charge on any atom is -0.492 e. The second kappa shape index (κ2) is 8.74. The Kier molecular flexibility index (Phi) is 5.89. The third-order valence-corrected chi connectivity index (χ3v) is 4.98. The van der Waals surface area contributed by atoms with E-state index in [1.165, 1.54) is 18.2 Å². The number of anilines is 1. The summed E-state index contributed by atoms with van der Waals surface area (Å²) in [4.78, 5) is 22.4. The lowest BCUT2D eigenvalue weighted by atomic mass is 10.0. The molecule has 3 aromatic rings. The number of aryl methyl sites for hydroxylation is 1. The number of halogens is 2. The van der Waals surface area contributed by atoms with Crippen LogP contribution in [-0.2, 0) is 0 Å². The van der Waals surface area contributed by atoms with E-state index in [4.69, 9.17) is 20.8 Å². The molecule has 1 aromatic carbocycles. The van der Waals surface area contributed by atoms with E-state index >= 15 is 0 Å². The molecule has 10 heteroatoms. The van der Waals surface area contributed by atoms with E-state index in [0.29, 0.717) is 55.8 Å². The Hall–Kier alpha value is -3.07. The van der Waals surface area contributed by atoms with Gasteiger partial charge in [-0.2, -0.15) is 4.98 Å². The second-order valence-electron chi connectivity index (χ2n) is 7.11. The number of likely N-dealkylation sites (tertiary alicyclic amines) is 1. The Balaban J connectivity index is 1.13. The van der Waals surface area contributed by atoms with E-state index in [9.17, 15) is 9.18 Å². The first-order valence-electron chi connectivity index (χ1n) is 9.56. The summed E-state index contributed by atoms with van der Waals surface area (Å²) in [5, 5.41) is 6.11. The second-order valence-corrected chi connectivity index (χ2v) is 7.52. The number of nitrogens with one attached hydrogen (secondary N) is 2. The number of rotatable bonds is 7. The van der Waals surface area contributed by atoms with Gasteiger partial charge < -0.3 is 24.7 Å². The third kappa shape index (κ3) is 4.73. The van der Waals surface area contributed by atoms with Gasteiger partial charge in [-0.3, -0.25) is 0 Å². The van der Waals surface area contributed by atoms with Gasteiger partial charge in [-0.15, -0.1) is 0 Å². The highest BCUT2D eigenvalue weighted by molar-refractivity contribution is 6.32. The first-order valence-corrected chi connectivity index (χ1v) is 9.94. The molecule has 2 N–H and O–H groups in total.